The van der Waals surface area contributed by atoms with E-state index in [0.29, 0.717) is 16.6 Å². The number of thioether (sulfide) groups is 1. The molecule has 1 aromatic carbocycles. The number of benzene rings is 1. The van der Waals surface area contributed by atoms with E-state index in [1.807, 2.05) is 0 Å². The third kappa shape index (κ3) is 5.14. The van der Waals surface area contributed by atoms with E-state index in [1.165, 1.54) is 11.8 Å². The van der Waals surface area contributed by atoms with Crippen LogP contribution >= 0.6 is 11.8 Å². The molecule has 1 rings (SSSR count). The molecule has 0 aliphatic heterocycles. The number of aliphatic imine (C=N–C) groups is 1. The number of nitrogens with one attached hydrogen (secondary N) is 1. The lowest BCUT2D eigenvalue weighted by Crippen LogP contribution is -2.12. The molecule has 0 heterocycles. The summed E-state index contributed by atoms with van der Waals surface area (Å²) >= 11 is 1.30. The topological polar surface area (TPSA) is 57.4 Å². The minimum Gasteiger partial charge on any atom is -0.488 e. The zero-order valence-electron chi connectivity index (χ0n) is 10.5. The van der Waals surface area contributed by atoms with Gasteiger partial charge in [0, 0.05) is 0 Å². The fraction of sp³-hybridized carbons (Fsp3) is 0.333. The molecule has 0 aliphatic carbocycles. The normalized spacial score (nSPS) is 11.3. The van der Waals surface area contributed by atoms with Crippen LogP contribution in [-0.2, 0) is 0 Å². The van der Waals surface area contributed by atoms with Crippen molar-refractivity contribution in [2.75, 3.05) is 12.9 Å². The smallest absolute Gasteiger partial charge is 0.272 e. The van der Waals surface area contributed by atoms with E-state index in [-0.39, 0.29) is 0 Å². The van der Waals surface area contributed by atoms with Crippen LogP contribution in [-0.4, -0.2) is 24.5 Å². The van der Waals surface area contributed by atoms with E-state index < -0.39 is 13.0 Å². The molecule has 0 spiro atoms. The number of ether oxygens (including phenoxy) is 1. The van der Waals surface area contributed by atoms with Gasteiger partial charge in [-0.15, -0.1) is 0 Å². The average Bonchev–Trinajstić information content (AvgIpc) is 2.38. The van der Waals surface area contributed by atoms with Gasteiger partial charge in [0.1, 0.15) is 12.4 Å². The Hall–Kier alpha value is -1.81. The maximum Gasteiger partial charge on any atom is 0.272 e. The molecule has 0 fully saturated rings. The molecule has 0 saturated heterocycles. The van der Waals surface area contributed by atoms with Gasteiger partial charge in [0.25, 0.3) is 6.43 Å². The molecular formula is C12H13F2N3OS. The molecule has 0 bridgehead atoms. The van der Waals surface area contributed by atoms with E-state index in [1.54, 1.807) is 37.6 Å². The van der Waals surface area contributed by atoms with E-state index >= 15 is 0 Å². The van der Waals surface area contributed by atoms with Crippen molar-refractivity contribution in [3.63, 3.8) is 0 Å². The second-order valence-corrected chi connectivity index (χ2v) is 4.30. The average molecular weight is 285 g/mol. The molecule has 1 N–H and O–H groups in total. The van der Waals surface area contributed by atoms with Crippen molar-refractivity contribution in [1.29, 1.82) is 5.26 Å². The van der Waals surface area contributed by atoms with Gasteiger partial charge >= 0.3 is 0 Å². The molecule has 0 saturated carbocycles. The molecule has 7 heteroatoms. The number of halogens is 2. The van der Waals surface area contributed by atoms with Crippen molar-refractivity contribution in [2.45, 2.75) is 13.3 Å². The maximum absolute atomic E-state index is 12.0. The van der Waals surface area contributed by atoms with Gasteiger partial charge in [-0.1, -0.05) is 11.8 Å². The van der Waals surface area contributed by atoms with E-state index in [4.69, 9.17) is 10.00 Å². The highest BCUT2D eigenvalue weighted by Gasteiger charge is 2.06. The SMILES string of the molecule is CSC(=Nc1ccc(OCC(F)F)cc1C)NC#N. The Morgan fingerprint density at radius 1 is 1.58 bits per heavy atom. The number of rotatable bonds is 4. The molecule has 102 valence electrons. The van der Waals surface area contributed by atoms with Crippen LogP contribution in [0.1, 0.15) is 5.56 Å². The van der Waals surface area contributed by atoms with Crippen molar-refractivity contribution in [2.24, 2.45) is 4.99 Å². The summed E-state index contributed by atoms with van der Waals surface area (Å²) in [5.41, 5.74) is 1.43. The van der Waals surface area contributed by atoms with E-state index in [9.17, 15) is 8.78 Å². The predicted octanol–water partition coefficient (Wildman–Crippen LogP) is 3.06. The highest BCUT2D eigenvalue weighted by molar-refractivity contribution is 8.13. The number of hydrogen-bond acceptors (Lipinski definition) is 4. The third-order valence-corrected chi connectivity index (χ3v) is 2.70. The molecule has 0 atom stereocenters. The fourth-order valence-corrected chi connectivity index (χ4v) is 1.62. The molecule has 0 unspecified atom stereocenters. The summed E-state index contributed by atoms with van der Waals surface area (Å²) in [4.78, 5) is 4.25. The molecular weight excluding hydrogens is 272 g/mol. The lowest BCUT2D eigenvalue weighted by molar-refractivity contribution is 0.0819. The minimum atomic E-state index is -2.50. The highest BCUT2D eigenvalue weighted by atomic mass is 32.2. The zero-order chi connectivity index (χ0) is 14.3. The van der Waals surface area contributed by atoms with Gasteiger partial charge in [-0.25, -0.2) is 13.8 Å². The molecule has 4 nitrogen and oxygen atoms in total. The lowest BCUT2D eigenvalue weighted by Gasteiger charge is -2.08. The Bertz CT molecular complexity index is 500. The van der Waals surface area contributed by atoms with Gasteiger partial charge in [0.05, 0.1) is 5.69 Å². The third-order valence-electron chi connectivity index (χ3n) is 2.12. The molecule has 0 amide bonds. The molecule has 19 heavy (non-hydrogen) atoms. The van der Waals surface area contributed by atoms with Gasteiger partial charge in [-0.2, -0.15) is 5.26 Å². The van der Waals surface area contributed by atoms with E-state index in [2.05, 4.69) is 10.3 Å². The van der Waals surface area contributed by atoms with Crippen molar-refractivity contribution < 1.29 is 13.5 Å². The van der Waals surface area contributed by atoms with Crippen LogP contribution in [0.5, 0.6) is 5.75 Å². The van der Waals surface area contributed by atoms with Crippen LogP contribution in [0, 0.1) is 18.4 Å². The second kappa shape index (κ2) is 7.59. The summed E-state index contributed by atoms with van der Waals surface area (Å²) in [6.07, 6.45) is 1.08. The fourth-order valence-electron chi connectivity index (χ4n) is 1.28. The van der Waals surface area contributed by atoms with Crippen LogP contribution < -0.4 is 10.1 Å². The van der Waals surface area contributed by atoms with Crippen molar-refractivity contribution in [1.82, 2.24) is 5.32 Å². The summed E-state index contributed by atoms with van der Waals surface area (Å²) in [5.74, 6) is 0.371. The number of alkyl halides is 2. The minimum absolute atomic E-state index is 0.371. The van der Waals surface area contributed by atoms with Gasteiger partial charge in [-0.05, 0) is 36.9 Å². The molecule has 0 radical (unpaired) electrons. The number of aryl methyl sites for hydroxylation is 1. The quantitative estimate of drug-likeness (QED) is 0.400. The summed E-state index contributed by atoms with van der Waals surface area (Å²) < 4.78 is 28.9. The van der Waals surface area contributed by atoms with Gasteiger partial charge in [0.15, 0.2) is 11.4 Å². The molecule has 0 aromatic heterocycles. The Morgan fingerprint density at radius 2 is 2.32 bits per heavy atom. The molecule has 1 aromatic rings. The Morgan fingerprint density at radius 3 is 2.84 bits per heavy atom. The van der Waals surface area contributed by atoms with Gasteiger partial charge in [-0.3, -0.25) is 5.32 Å². The first-order chi connectivity index (χ1) is 9.06. The van der Waals surface area contributed by atoms with Gasteiger partial charge < -0.3 is 4.74 Å². The van der Waals surface area contributed by atoms with Crippen LogP contribution in [0.4, 0.5) is 14.5 Å². The zero-order valence-corrected chi connectivity index (χ0v) is 11.3. The monoisotopic (exact) mass is 285 g/mol. The first-order valence-corrected chi connectivity index (χ1v) is 6.58. The maximum atomic E-state index is 12.0. The largest absolute Gasteiger partial charge is 0.488 e. The standard InChI is InChI=1S/C12H13F2N3OS/c1-8-5-9(18-6-11(13)14)3-4-10(8)17-12(19-2)16-7-15/h3-5,11H,6H2,1-2H3,(H,16,17). The number of amidine groups is 1. The van der Waals surface area contributed by atoms with Crippen LogP contribution in [0.15, 0.2) is 23.2 Å². The summed E-state index contributed by atoms with van der Waals surface area (Å²) in [5, 5.41) is 11.5. The number of hydrogen-bond donors (Lipinski definition) is 1. The van der Waals surface area contributed by atoms with Gasteiger partial charge in [0.2, 0.25) is 0 Å². The summed E-state index contributed by atoms with van der Waals surface area (Å²) in [7, 11) is 0. The first kappa shape index (κ1) is 15.2. The summed E-state index contributed by atoms with van der Waals surface area (Å²) in [6, 6.07) is 4.86. The molecule has 0 aliphatic rings. The number of nitrogens with zero attached hydrogens (tertiary/aromatic N) is 2. The van der Waals surface area contributed by atoms with Crippen molar-refractivity contribution in [3.05, 3.63) is 23.8 Å². The van der Waals surface area contributed by atoms with Crippen molar-refractivity contribution in [3.8, 4) is 11.9 Å². The predicted molar refractivity (Wildman–Crippen MR) is 72.0 cm³/mol. The highest BCUT2D eigenvalue weighted by Crippen LogP contribution is 2.24. The lowest BCUT2D eigenvalue weighted by atomic mass is 10.2. The number of nitriles is 1. The van der Waals surface area contributed by atoms with Crippen LogP contribution in [0.2, 0.25) is 0 Å². The van der Waals surface area contributed by atoms with Crippen LogP contribution in [0.3, 0.4) is 0 Å². The van der Waals surface area contributed by atoms with Crippen LogP contribution in [0.25, 0.3) is 0 Å². The Labute approximate surface area is 114 Å². The Balaban J connectivity index is 2.85. The first-order valence-electron chi connectivity index (χ1n) is 5.36. The summed E-state index contributed by atoms with van der Waals surface area (Å²) in [6.45, 7) is 1.16. The second-order valence-electron chi connectivity index (χ2n) is 3.51. The Kier molecular flexibility index (Phi) is 6.09. The van der Waals surface area contributed by atoms with E-state index in [0.717, 1.165) is 5.56 Å². The van der Waals surface area contributed by atoms with Crippen molar-refractivity contribution >= 4 is 22.6 Å².